The van der Waals surface area contributed by atoms with E-state index in [0.29, 0.717) is 5.56 Å². The van der Waals surface area contributed by atoms with E-state index >= 15 is 0 Å². The number of carbonyl (C=O) groups excluding carboxylic acids is 1. The molecule has 0 saturated heterocycles. The number of benzene rings is 1. The van der Waals surface area contributed by atoms with Gasteiger partial charge in [0.1, 0.15) is 5.75 Å². The number of hydrogen-bond donors (Lipinski definition) is 2. The fourth-order valence-corrected chi connectivity index (χ4v) is 0.779. The molecular weight excluding hydrogens is 142 g/mol. The Morgan fingerprint density at radius 3 is 2.82 bits per heavy atom. The van der Waals surface area contributed by atoms with Crippen LogP contribution in [0.5, 0.6) is 5.75 Å². The standard InChI is InChI=1S/C8H8NO2/c9-8(11)5-6-2-1-3-7(10)4-6/h1-5,10H,(H2,9,11). The third kappa shape index (κ3) is 2.29. The van der Waals surface area contributed by atoms with Gasteiger partial charge in [0.25, 0.3) is 0 Å². The zero-order chi connectivity index (χ0) is 8.27. The van der Waals surface area contributed by atoms with Gasteiger partial charge < -0.3 is 10.8 Å². The lowest BCUT2D eigenvalue weighted by Crippen LogP contribution is -2.11. The van der Waals surface area contributed by atoms with Crippen LogP contribution in [0.1, 0.15) is 5.56 Å². The van der Waals surface area contributed by atoms with Gasteiger partial charge in [0.15, 0.2) is 0 Å². The van der Waals surface area contributed by atoms with Gasteiger partial charge in [0.2, 0.25) is 5.91 Å². The van der Waals surface area contributed by atoms with Crippen molar-refractivity contribution in [2.45, 2.75) is 0 Å². The SMILES string of the molecule is NC(=O)[CH]c1cccc(O)c1. The van der Waals surface area contributed by atoms with E-state index in [0.717, 1.165) is 0 Å². The second kappa shape index (κ2) is 3.05. The van der Waals surface area contributed by atoms with Crippen molar-refractivity contribution in [2.75, 3.05) is 0 Å². The third-order valence-corrected chi connectivity index (χ3v) is 1.18. The molecule has 0 atom stereocenters. The van der Waals surface area contributed by atoms with Crippen molar-refractivity contribution in [3.8, 4) is 5.75 Å². The van der Waals surface area contributed by atoms with E-state index in [2.05, 4.69) is 0 Å². The number of amides is 1. The Hall–Kier alpha value is -1.51. The van der Waals surface area contributed by atoms with E-state index in [-0.39, 0.29) is 5.75 Å². The molecule has 3 heteroatoms. The van der Waals surface area contributed by atoms with Crippen LogP contribution >= 0.6 is 0 Å². The molecule has 57 valence electrons. The predicted molar refractivity (Wildman–Crippen MR) is 40.7 cm³/mol. The minimum Gasteiger partial charge on any atom is -0.508 e. The van der Waals surface area contributed by atoms with E-state index in [4.69, 9.17) is 10.8 Å². The molecule has 0 heterocycles. The van der Waals surface area contributed by atoms with Gasteiger partial charge >= 0.3 is 0 Å². The first-order chi connectivity index (χ1) is 5.18. The smallest absolute Gasteiger partial charge is 0.226 e. The summed E-state index contributed by atoms with van der Waals surface area (Å²) in [5.74, 6) is -0.393. The first-order valence-electron chi connectivity index (χ1n) is 3.12. The minimum atomic E-state index is -0.518. The minimum absolute atomic E-state index is 0.125. The van der Waals surface area contributed by atoms with Crippen LogP contribution in [0.25, 0.3) is 0 Å². The first kappa shape index (κ1) is 7.60. The van der Waals surface area contributed by atoms with Gasteiger partial charge in [0.05, 0.1) is 6.42 Å². The maximum absolute atomic E-state index is 10.4. The number of rotatable bonds is 2. The highest BCUT2D eigenvalue weighted by Crippen LogP contribution is 2.11. The van der Waals surface area contributed by atoms with Gasteiger partial charge in [-0.3, -0.25) is 4.79 Å². The highest BCUT2D eigenvalue weighted by molar-refractivity contribution is 5.86. The largest absolute Gasteiger partial charge is 0.508 e. The number of primary amides is 1. The van der Waals surface area contributed by atoms with Crippen molar-refractivity contribution in [3.05, 3.63) is 36.2 Å². The Kier molecular flexibility index (Phi) is 2.11. The van der Waals surface area contributed by atoms with Gasteiger partial charge in [-0.15, -0.1) is 0 Å². The molecule has 11 heavy (non-hydrogen) atoms. The van der Waals surface area contributed by atoms with Crippen LogP contribution in [0.15, 0.2) is 24.3 Å². The number of nitrogens with two attached hydrogens (primary N) is 1. The van der Waals surface area contributed by atoms with Gasteiger partial charge in [-0.25, -0.2) is 0 Å². The topological polar surface area (TPSA) is 63.3 Å². The number of hydrogen-bond acceptors (Lipinski definition) is 2. The highest BCUT2D eigenvalue weighted by atomic mass is 16.3. The van der Waals surface area contributed by atoms with Crippen LogP contribution in [0.3, 0.4) is 0 Å². The maximum atomic E-state index is 10.4. The molecule has 0 bridgehead atoms. The zero-order valence-corrected chi connectivity index (χ0v) is 5.82. The van der Waals surface area contributed by atoms with Crippen LogP contribution in [-0.4, -0.2) is 11.0 Å². The van der Waals surface area contributed by atoms with Gasteiger partial charge in [-0.1, -0.05) is 12.1 Å². The van der Waals surface area contributed by atoms with Crippen molar-refractivity contribution >= 4 is 5.91 Å². The van der Waals surface area contributed by atoms with Gasteiger partial charge in [-0.2, -0.15) is 0 Å². The maximum Gasteiger partial charge on any atom is 0.226 e. The molecule has 1 aromatic carbocycles. The predicted octanol–water partition coefficient (Wildman–Crippen LogP) is 0.430. The summed E-state index contributed by atoms with van der Waals surface area (Å²) < 4.78 is 0. The van der Waals surface area contributed by atoms with E-state index in [9.17, 15) is 4.79 Å². The molecule has 1 aromatic rings. The summed E-state index contributed by atoms with van der Waals surface area (Å²) >= 11 is 0. The summed E-state index contributed by atoms with van der Waals surface area (Å²) in [6, 6.07) is 6.32. The van der Waals surface area contributed by atoms with Crippen LogP contribution in [0.2, 0.25) is 0 Å². The fraction of sp³-hybridized carbons (Fsp3) is 0. The molecule has 0 saturated carbocycles. The van der Waals surface area contributed by atoms with Crippen LogP contribution in [0.4, 0.5) is 0 Å². The lowest BCUT2D eigenvalue weighted by Gasteiger charge is -1.96. The second-order valence-corrected chi connectivity index (χ2v) is 2.14. The van der Waals surface area contributed by atoms with E-state index in [1.165, 1.54) is 18.6 Å². The molecule has 1 radical (unpaired) electrons. The van der Waals surface area contributed by atoms with Crippen molar-refractivity contribution in [1.29, 1.82) is 0 Å². The van der Waals surface area contributed by atoms with Crippen molar-refractivity contribution in [3.63, 3.8) is 0 Å². The Balaban J connectivity index is 2.79. The molecular formula is C8H8NO2. The molecule has 3 N–H and O–H groups in total. The lowest BCUT2D eigenvalue weighted by atomic mass is 10.1. The first-order valence-corrected chi connectivity index (χ1v) is 3.12. The quantitative estimate of drug-likeness (QED) is 0.642. The molecule has 0 aliphatic carbocycles. The molecule has 0 fully saturated rings. The summed E-state index contributed by atoms with van der Waals surface area (Å²) in [7, 11) is 0. The summed E-state index contributed by atoms with van der Waals surface area (Å²) in [5.41, 5.74) is 5.51. The Morgan fingerprint density at radius 1 is 1.55 bits per heavy atom. The summed E-state index contributed by atoms with van der Waals surface area (Å²) in [6.45, 7) is 0. The fourth-order valence-electron chi connectivity index (χ4n) is 0.779. The normalized spacial score (nSPS) is 9.45. The van der Waals surface area contributed by atoms with E-state index in [1.807, 2.05) is 0 Å². The highest BCUT2D eigenvalue weighted by Gasteiger charge is 1.98. The van der Waals surface area contributed by atoms with Crippen LogP contribution in [0, 0.1) is 6.42 Å². The Morgan fingerprint density at radius 2 is 2.27 bits per heavy atom. The number of carbonyl (C=O) groups is 1. The second-order valence-electron chi connectivity index (χ2n) is 2.14. The third-order valence-electron chi connectivity index (χ3n) is 1.18. The Labute approximate surface area is 64.5 Å². The van der Waals surface area contributed by atoms with Gasteiger partial charge in [0, 0.05) is 0 Å². The molecule has 1 amide bonds. The van der Waals surface area contributed by atoms with E-state index < -0.39 is 5.91 Å². The number of aromatic hydroxyl groups is 1. The summed E-state index contributed by atoms with van der Waals surface area (Å²) in [4.78, 5) is 10.4. The monoisotopic (exact) mass is 150 g/mol. The molecule has 3 nitrogen and oxygen atoms in total. The van der Waals surface area contributed by atoms with Crippen LogP contribution in [-0.2, 0) is 4.79 Å². The van der Waals surface area contributed by atoms with E-state index in [1.54, 1.807) is 12.1 Å². The number of phenols is 1. The molecule has 0 aromatic heterocycles. The van der Waals surface area contributed by atoms with Crippen molar-refractivity contribution in [1.82, 2.24) is 0 Å². The average molecular weight is 150 g/mol. The number of phenolic OH excluding ortho intramolecular Hbond substituents is 1. The summed E-state index contributed by atoms with van der Waals surface area (Å²) in [5, 5.41) is 8.95. The van der Waals surface area contributed by atoms with Crippen LogP contribution < -0.4 is 5.73 Å². The van der Waals surface area contributed by atoms with Gasteiger partial charge in [-0.05, 0) is 17.7 Å². The average Bonchev–Trinajstić information content (AvgIpc) is 1.85. The van der Waals surface area contributed by atoms with Crippen molar-refractivity contribution < 1.29 is 9.90 Å². The zero-order valence-electron chi connectivity index (χ0n) is 5.82. The molecule has 1 rings (SSSR count). The molecule has 0 spiro atoms. The Bertz CT molecular complexity index is 271. The lowest BCUT2D eigenvalue weighted by molar-refractivity contribution is -0.114. The van der Waals surface area contributed by atoms with Crippen molar-refractivity contribution in [2.24, 2.45) is 5.73 Å². The molecule has 0 aliphatic rings. The molecule has 0 aliphatic heterocycles. The summed E-state index contributed by atoms with van der Waals surface area (Å²) in [6.07, 6.45) is 1.25. The molecule has 0 unspecified atom stereocenters.